The van der Waals surface area contributed by atoms with Crippen LogP contribution in [0.4, 0.5) is 0 Å². The molecule has 6 heteroatoms. The molecule has 5 nitrogen and oxygen atoms in total. The third kappa shape index (κ3) is 5.25. The lowest BCUT2D eigenvalue weighted by Gasteiger charge is -2.32. The number of hydrogen-bond acceptors (Lipinski definition) is 5. The van der Waals surface area contributed by atoms with Gasteiger partial charge in [-0.1, -0.05) is 11.8 Å². The first-order valence-electron chi connectivity index (χ1n) is 7.96. The summed E-state index contributed by atoms with van der Waals surface area (Å²) < 4.78 is 0. The van der Waals surface area contributed by atoms with E-state index in [0.29, 0.717) is 10.9 Å². The van der Waals surface area contributed by atoms with Crippen LogP contribution in [0.5, 0.6) is 0 Å². The van der Waals surface area contributed by atoms with Crippen LogP contribution in [0.25, 0.3) is 0 Å². The van der Waals surface area contributed by atoms with E-state index in [4.69, 9.17) is 0 Å². The summed E-state index contributed by atoms with van der Waals surface area (Å²) in [6.07, 6.45) is 3.46. The van der Waals surface area contributed by atoms with Crippen LogP contribution in [0.3, 0.4) is 0 Å². The average Bonchev–Trinajstić information content (AvgIpc) is 2.50. The lowest BCUT2D eigenvalue weighted by atomic mass is 9.93. The van der Waals surface area contributed by atoms with Gasteiger partial charge < -0.3 is 10.2 Å². The fourth-order valence-electron chi connectivity index (χ4n) is 2.80. The minimum atomic E-state index is 0.208. The molecule has 2 rings (SSSR count). The van der Waals surface area contributed by atoms with Gasteiger partial charge in [-0.2, -0.15) is 0 Å². The summed E-state index contributed by atoms with van der Waals surface area (Å²) in [4.78, 5) is 23.0. The number of aryl methyl sites for hydroxylation is 2. The number of likely N-dealkylation sites (tertiary alicyclic amines) is 1. The molecule has 2 heterocycles. The van der Waals surface area contributed by atoms with Crippen molar-refractivity contribution in [1.29, 1.82) is 0 Å². The lowest BCUT2D eigenvalue weighted by Crippen LogP contribution is -2.39. The van der Waals surface area contributed by atoms with Crippen molar-refractivity contribution in [2.75, 3.05) is 32.4 Å². The average molecular weight is 322 g/mol. The van der Waals surface area contributed by atoms with E-state index in [1.165, 1.54) is 18.2 Å². The summed E-state index contributed by atoms with van der Waals surface area (Å²) in [6, 6.07) is 1.95. The Bertz CT molecular complexity index is 481. The molecule has 1 saturated heterocycles. The van der Waals surface area contributed by atoms with Crippen molar-refractivity contribution in [3.05, 3.63) is 17.5 Å². The number of nitrogens with zero attached hydrogens (tertiary/aromatic N) is 3. The van der Waals surface area contributed by atoms with Crippen molar-refractivity contribution in [3.63, 3.8) is 0 Å². The molecule has 22 heavy (non-hydrogen) atoms. The van der Waals surface area contributed by atoms with E-state index in [-0.39, 0.29) is 5.91 Å². The predicted octanol–water partition coefficient (Wildman–Crippen LogP) is 2.03. The minimum absolute atomic E-state index is 0.208. The second kappa shape index (κ2) is 8.48. The molecule has 0 unspecified atom stereocenters. The zero-order valence-corrected chi connectivity index (χ0v) is 14.6. The second-order valence-corrected chi connectivity index (χ2v) is 6.88. The summed E-state index contributed by atoms with van der Waals surface area (Å²) in [6.45, 7) is 6.76. The van der Waals surface area contributed by atoms with Crippen molar-refractivity contribution < 1.29 is 4.79 Å². The number of nitrogens with one attached hydrogen (secondary N) is 1. The molecule has 1 aliphatic rings. The molecule has 1 amide bonds. The van der Waals surface area contributed by atoms with Gasteiger partial charge in [0.1, 0.15) is 0 Å². The Morgan fingerprint density at radius 3 is 2.55 bits per heavy atom. The van der Waals surface area contributed by atoms with Crippen molar-refractivity contribution in [3.8, 4) is 0 Å². The van der Waals surface area contributed by atoms with E-state index in [1.54, 1.807) is 0 Å². The maximum absolute atomic E-state index is 12.3. The van der Waals surface area contributed by atoms with Crippen molar-refractivity contribution >= 4 is 17.7 Å². The Labute approximate surface area is 137 Å². The molecule has 0 radical (unpaired) electrons. The van der Waals surface area contributed by atoms with Crippen LogP contribution >= 0.6 is 11.8 Å². The van der Waals surface area contributed by atoms with Gasteiger partial charge in [0.15, 0.2) is 5.16 Å². The number of carbonyl (C=O) groups excluding carboxylic acids is 1. The van der Waals surface area contributed by atoms with Gasteiger partial charge in [-0.15, -0.1) is 0 Å². The first-order valence-corrected chi connectivity index (χ1v) is 8.94. The summed E-state index contributed by atoms with van der Waals surface area (Å²) in [5, 5.41) is 3.90. The standard InChI is InChI=1S/C16H26N4OS/c1-12-10-13(2)19-16(18-12)22-11-15(21)20-8-5-14(6-9-20)4-7-17-3/h10,14,17H,4-9,11H2,1-3H3. The number of thioether (sulfide) groups is 1. The van der Waals surface area contributed by atoms with Crippen LogP contribution in [0.1, 0.15) is 30.7 Å². The number of amides is 1. The number of piperidine rings is 1. The molecule has 0 aliphatic carbocycles. The van der Waals surface area contributed by atoms with E-state index >= 15 is 0 Å². The smallest absolute Gasteiger partial charge is 0.233 e. The van der Waals surface area contributed by atoms with E-state index < -0.39 is 0 Å². The molecule has 1 aromatic heterocycles. The highest BCUT2D eigenvalue weighted by Crippen LogP contribution is 2.21. The number of aromatic nitrogens is 2. The third-order valence-corrected chi connectivity index (χ3v) is 4.89. The number of hydrogen-bond donors (Lipinski definition) is 1. The van der Waals surface area contributed by atoms with Crippen LogP contribution in [0.15, 0.2) is 11.2 Å². The van der Waals surface area contributed by atoms with Crippen LogP contribution in [-0.4, -0.2) is 53.2 Å². The molecule has 1 aromatic rings. The van der Waals surface area contributed by atoms with E-state index in [2.05, 4.69) is 15.3 Å². The van der Waals surface area contributed by atoms with Gasteiger partial charge in [0.2, 0.25) is 5.91 Å². The number of carbonyl (C=O) groups is 1. The van der Waals surface area contributed by atoms with Gasteiger partial charge in [-0.3, -0.25) is 4.79 Å². The third-order valence-electron chi connectivity index (χ3n) is 4.06. The van der Waals surface area contributed by atoms with Crippen LogP contribution < -0.4 is 5.32 Å². The Hall–Kier alpha value is -1.14. The molecule has 1 N–H and O–H groups in total. The van der Waals surface area contributed by atoms with E-state index in [0.717, 1.165) is 49.8 Å². The molecule has 0 atom stereocenters. The fraction of sp³-hybridized carbons (Fsp3) is 0.688. The summed E-state index contributed by atoms with van der Waals surface area (Å²) in [5.74, 6) is 1.40. The maximum Gasteiger partial charge on any atom is 0.233 e. The highest BCUT2D eigenvalue weighted by Gasteiger charge is 2.22. The summed E-state index contributed by atoms with van der Waals surface area (Å²) >= 11 is 1.44. The van der Waals surface area contributed by atoms with Gasteiger partial charge in [0, 0.05) is 24.5 Å². The fourth-order valence-corrected chi connectivity index (χ4v) is 3.65. The Kier molecular flexibility index (Phi) is 6.64. The number of rotatable bonds is 6. The molecule has 0 spiro atoms. The van der Waals surface area contributed by atoms with E-state index in [1.807, 2.05) is 31.9 Å². The van der Waals surface area contributed by atoms with Gasteiger partial charge in [-0.25, -0.2) is 9.97 Å². The molecular formula is C16H26N4OS. The highest BCUT2D eigenvalue weighted by molar-refractivity contribution is 7.99. The van der Waals surface area contributed by atoms with Gasteiger partial charge in [-0.05, 0) is 58.7 Å². The summed E-state index contributed by atoms with van der Waals surface area (Å²) in [7, 11) is 1.99. The highest BCUT2D eigenvalue weighted by atomic mass is 32.2. The predicted molar refractivity (Wildman–Crippen MR) is 90.1 cm³/mol. The Morgan fingerprint density at radius 2 is 1.95 bits per heavy atom. The van der Waals surface area contributed by atoms with Crippen molar-refractivity contribution in [2.45, 2.75) is 38.3 Å². The van der Waals surface area contributed by atoms with Crippen LogP contribution in [0, 0.1) is 19.8 Å². The first kappa shape index (κ1) is 17.2. The second-order valence-electron chi connectivity index (χ2n) is 5.94. The van der Waals surface area contributed by atoms with Crippen molar-refractivity contribution in [1.82, 2.24) is 20.2 Å². The molecule has 1 fully saturated rings. The van der Waals surface area contributed by atoms with Crippen LogP contribution in [-0.2, 0) is 4.79 Å². The Morgan fingerprint density at radius 1 is 1.32 bits per heavy atom. The molecule has 0 aromatic carbocycles. The first-order chi connectivity index (χ1) is 10.6. The zero-order chi connectivity index (χ0) is 15.9. The topological polar surface area (TPSA) is 58.1 Å². The van der Waals surface area contributed by atoms with E-state index in [9.17, 15) is 4.79 Å². The van der Waals surface area contributed by atoms with Gasteiger partial charge in [0.25, 0.3) is 0 Å². The van der Waals surface area contributed by atoms with Crippen LogP contribution in [0.2, 0.25) is 0 Å². The minimum Gasteiger partial charge on any atom is -0.342 e. The molecule has 0 bridgehead atoms. The quantitative estimate of drug-likeness (QED) is 0.641. The molecule has 1 aliphatic heterocycles. The monoisotopic (exact) mass is 322 g/mol. The zero-order valence-electron chi connectivity index (χ0n) is 13.8. The lowest BCUT2D eigenvalue weighted by molar-refractivity contribution is -0.129. The van der Waals surface area contributed by atoms with Gasteiger partial charge >= 0.3 is 0 Å². The van der Waals surface area contributed by atoms with Crippen molar-refractivity contribution in [2.24, 2.45) is 5.92 Å². The SMILES string of the molecule is CNCCC1CCN(C(=O)CSc2nc(C)cc(C)n2)CC1. The largest absolute Gasteiger partial charge is 0.342 e. The molecular weight excluding hydrogens is 296 g/mol. The molecule has 0 saturated carbocycles. The normalized spacial score (nSPS) is 16.0. The Balaban J connectivity index is 1.76. The maximum atomic E-state index is 12.3. The van der Waals surface area contributed by atoms with Gasteiger partial charge in [0.05, 0.1) is 5.75 Å². The molecule has 122 valence electrons. The summed E-state index contributed by atoms with van der Waals surface area (Å²) in [5.41, 5.74) is 1.90.